The third kappa shape index (κ3) is 5.85. The van der Waals surface area contributed by atoms with E-state index in [1.165, 1.54) is 6.92 Å². The molecule has 0 aromatic heterocycles. The first-order valence-corrected chi connectivity index (χ1v) is 7.78. The van der Waals surface area contributed by atoms with Crippen LogP contribution >= 0.6 is 11.6 Å². The predicted molar refractivity (Wildman–Crippen MR) is 92.9 cm³/mol. The van der Waals surface area contributed by atoms with Crippen molar-refractivity contribution < 1.29 is 9.59 Å². The first-order valence-electron chi connectivity index (χ1n) is 7.40. The van der Waals surface area contributed by atoms with Crippen molar-refractivity contribution in [2.45, 2.75) is 19.9 Å². The quantitative estimate of drug-likeness (QED) is 0.601. The molecule has 2 aromatic rings. The fraction of sp³-hybridized carbons (Fsp3) is 0.222. The van der Waals surface area contributed by atoms with E-state index in [1.807, 2.05) is 24.3 Å². The van der Waals surface area contributed by atoms with Crippen LogP contribution in [-0.2, 0) is 11.3 Å². The second-order valence-corrected chi connectivity index (χ2v) is 5.67. The van der Waals surface area contributed by atoms with Crippen LogP contribution in [0.4, 0.5) is 5.69 Å². The summed E-state index contributed by atoms with van der Waals surface area (Å²) in [6.45, 7) is 2.76. The van der Waals surface area contributed by atoms with Gasteiger partial charge < -0.3 is 10.6 Å². The van der Waals surface area contributed by atoms with E-state index in [4.69, 9.17) is 11.6 Å². The maximum absolute atomic E-state index is 11.9. The SMILES string of the molecule is CC(=O)c1cccc(NC(=O)CCNCc2ccc(Cl)cc2)c1. The molecule has 0 bridgehead atoms. The summed E-state index contributed by atoms with van der Waals surface area (Å²) in [6, 6.07) is 14.5. The van der Waals surface area contributed by atoms with Crippen molar-refractivity contribution in [2.24, 2.45) is 0 Å². The molecule has 2 aromatic carbocycles. The van der Waals surface area contributed by atoms with Gasteiger partial charge in [0.15, 0.2) is 5.78 Å². The summed E-state index contributed by atoms with van der Waals surface area (Å²) in [5.74, 6) is -0.111. The molecule has 0 saturated carbocycles. The van der Waals surface area contributed by atoms with Crippen molar-refractivity contribution in [3.63, 3.8) is 0 Å². The lowest BCUT2D eigenvalue weighted by atomic mass is 10.1. The fourth-order valence-electron chi connectivity index (χ4n) is 2.08. The minimum atomic E-state index is -0.0886. The molecule has 2 rings (SSSR count). The Labute approximate surface area is 140 Å². The van der Waals surface area contributed by atoms with Crippen molar-refractivity contribution in [3.05, 3.63) is 64.7 Å². The molecule has 0 radical (unpaired) electrons. The number of Topliss-reactive ketones (excluding diaryl/α,β-unsaturated/α-hetero) is 1. The lowest BCUT2D eigenvalue weighted by Gasteiger charge is -2.07. The van der Waals surface area contributed by atoms with Gasteiger partial charge in [0.2, 0.25) is 5.91 Å². The number of ketones is 1. The normalized spacial score (nSPS) is 10.3. The number of carbonyl (C=O) groups is 2. The largest absolute Gasteiger partial charge is 0.326 e. The Balaban J connectivity index is 1.74. The minimum Gasteiger partial charge on any atom is -0.326 e. The second-order valence-electron chi connectivity index (χ2n) is 5.24. The molecule has 0 unspecified atom stereocenters. The van der Waals surface area contributed by atoms with E-state index in [9.17, 15) is 9.59 Å². The minimum absolute atomic E-state index is 0.0225. The highest BCUT2D eigenvalue weighted by atomic mass is 35.5. The zero-order valence-corrected chi connectivity index (χ0v) is 13.7. The van der Waals surface area contributed by atoms with Gasteiger partial charge in [-0.3, -0.25) is 9.59 Å². The van der Waals surface area contributed by atoms with Gasteiger partial charge in [0, 0.05) is 35.8 Å². The molecule has 120 valence electrons. The molecule has 2 N–H and O–H groups in total. The molecule has 23 heavy (non-hydrogen) atoms. The maximum Gasteiger partial charge on any atom is 0.225 e. The number of amides is 1. The number of rotatable bonds is 7. The van der Waals surface area contributed by atoms with E-state index >= 15 is 0 Å². The molecule has 5 heteroatoms. The number of carbonyl (C=O) groups excluding carboxylic acids is 2. The Bertz CT molecular complexity index is 684. The van der Waals surface area contributed by atoms with Crippen molar-refractivity contribution in [1.29, 1.82) is 0 Å². The van der Waals surface area contributed by atoms with Crippen LogP contribution in [0.5, 0.6) is 0 Å². The van der Waals surface area contributed by atoms with Crippen LogP contribution in [0.25, 0.3) is 0 Å². The van der Waals surface area contributed by atoms with Crippen LogP contribution in [0.1, 0.15) is 29.3 Å². The highest BCUT2D eigenvalue weighted by Gasteiger charge is 2.04. The van der Waals surface area contributed by atoms with E-state index in [0.717, 1.165) is 5.56 Å². The van der Waals surface area contributed by atoms with Gasteiger partial charge in [0.25, 0.3) is 0 Å². The molecule has 0 aliphatic heterocycles. The van der Waals surface area contributed by atoms with Crippen molar-refractivity contribution >= 4 is 29.0 Å². The number of nitrogens with one attached hydrogen (secondary N) is 2. The fourth-order valence-corrected chi connectivity index (χ4v) is 2.20. The zero-order chi connectivity index (χ0) is 16.7. The first-order chi connectivity index (χ1) is 11.0. The van der Waals surface area contributed by atoms with Gasteiger partial charge in [-0.2, -0.15) is 0 Å². The summed E-state index contributed by atoms with van der Waals surface area (Å²) in [7, 11) is 0. The number of halogens is 1. The highest BCUT2D eigenvalue weighted by Crippen LogP contribution is 2.11. The van der Waals surface area contributed by atoms with Crippen LogP contribution in [0.3, 0.4) is 0 Å². The lowest BCUT2D eigenvalue weighted by molar-refractivity contribution is -0.116. The molecule has 0 spiro atoms. The summed E-state index contributed by atoms with van der Waals surface area (Å²) < 4.78 is 0. The number of hydrogen-bond acceptors (Lipinski definition) is 3. The second kappa shape index (κ2) is 8.46. The summed E-state index contributed by atoms with van der Waals surface area (Å²) in [5.41, 5.74) is 2.34. The number of benzene rings is 2. The number of hydrogen-bond donors (Lipinski definition) is 2. The summed E-state index contributed by atoms with van der Waals surface area (Å²) in [5, 5.41) is 6.71. The molecule has 0 fully saturated rings. The average molecular weight is 331 g/mol. The average Bonchev–Trinajstić information content (AvgIpc) is 2.53. The van der Waals surface area contributed by atoms with Gasteiger partial charge in [0.1, 0.15) is 0 Å². The van der Waals surface area contributed by atoms with Crippen molar-refractivity contribution in [2.75, 3.05) is 11.9 Å². The van der Waals surface area contributed by atoms with Crippen LogP contribution < -0.4 is 10.6 Å². The van der Waals surface area contributed by atoms with Crippen LogP contribution in [0, 0.1) is 0 Å². The van der Waals surface area contributed by atoms with Crippen molar-refractivity contribution in [3.8, 4) is 0 Å². The Morgan fingerprint density at radius 1 is 1.09 bits per heavy atom. The molecular weight excluding hydrogens is 312 g/mol. The smallest absolute Gasteiger partial charge is 0.225 e. The van der Waals surface area contributed by atoms with Gasteiger partial charge in [-0.15, -0.1) is 0 Å². The first kappa shape index (κ1) is 17.2. The van der Waals surface area contributed by atoms with Crippen LogP contribution in [-0.4, -0.2) is 18.2 Å². The van der Waals surface area contributed by atoms with Crippen LogP contribution in [0.15, 0.2) is 48.5 Å². The van der Waals surface area contributed by atoms with Gasteiger partial charge in [-0.05, 0) is 36.8 Å². The standard InChI is InChI=1S/C18H19ClN2O2/c1-13(22)15-3-2-4-17(11-15)21-18(23)9-10-20-12-14-5-7-16(19)8-6-14/h2-8,11,20H,9-10,12H2,1H3,(H,21,23). The van der Waals surface area contributed by atoms with Gasteiger partial charge >= 0.3 is 0 Å². The van der Waals surface area contributed by atoms with E-state index in [-0.39, 0.29) is 11.7 Å². The maximum atomic E-state index is 11.9. The van der Waals surface area contributed by atoms with Gasteiger partial charge in [-0.1, -0.05) is 35.9 Å². The molecule has 0 atom stereocenters. The van der Waals surface area contributed by atoms with Gasteiger partial charge in [0.05, 0.1) is 0 Å². The monoisotopic (exact) mass is 330 g/mol. The zero-order valence-electron chi connectivity index (χ0n) is 12.9. The molecule has 0 heterocycles. The Morgan fingerprint density at radius 2 is 1.83 bits per heavy atom. The molecule has 0 saturated heterocycles. The Morgan fingerprint density at radius 3 is 2.52 bits per heavy atom. The van der Waals surface area contributed by atoms with E-state index < -0.39 is 0 Å². The van der Waals surface area contributed by atoms with E-state index in [1.54, 1.807) is 24.3 Å². The van der Waals surface area contributed by atoms with E-state index in [2.05, 4.69) is 10.6 Å². The number of anilines is 1. The topological polar surface area (TPSA) is 58.2 Å². The molecule has 0 aliphatic rings. The molecule has 4 nitrogen and oxygen atoms in total. The Hall–Kier alpha value is -2.17. The highest BCUT2D eigenvalue weighted by molar-refractivity contribution is 6.30. The van der Waals surface area contributed by atoms with Crippen LogP contribution in [0.2, 0.25) is 5.02 Å². The summed E-state index contributed by atoms with van der Waals surface area (Å²) >= 11 is 5.83. The summed E-state index contributed by atoms with van der Waals surface area (Å²) in [6.07, 6.45) is 0.359. The molecule has 0 aliphatic carbocycles. The molecule has 1 amide bonds. The molecular formula is C18H19ClN2O2. The lowest BCUT2D eigenvalue weighted by Crippen LogP contribution is -2.21. The summed E-state index contributed by atoms with van der Waals surface area (Å²) in [4.78, 5) is 23.2. The van der Waals surface area contributed by atoms with Gasteiger partial charge in [-0.25, -0.2) is 0 Å². The van der Waals surface area contributed by atoms with E-state index in [0.29, 0.717) is 35.8 Å². The third-order valence-electron chi connectivity index (χ3n) is 3.32. The van der Waals surface area contributed by atoms with Crippen molar-refractivity contribution in [1.82, 2.24) is 5.32 Å². The third-order valence-corrected chi connectivity index (χ3v) is 3.58. The Kier molecular flexibility index (Phi) is 6.32. The predicted octanol–water partition coefficient (Wildman–Crippen LogP) is 3.66.